The highest BCUT2D eigenvalue weighted by Crippen LogP contribution is 2.35. The van der Waals surface area contributed by atoms with Gasteiger partial charge in [-0.1, -0.05) is 48.0 Å². The molecule has 0 aliphatic heterocycles. The second-order valence-corrected chi connectivity index (χ2v) is 6.28. The summed E-state index contributed by atoms with van der Waals surface area (Å²) in [6.07, 6.45) is 6.62. The van der Waals surface area contributed by atoms with Crippen LogP contribution in [0.3, 0.4) is 0 Å². The number of nitrogens with zero attached hydrogens (tertiary/aromatic N) is 2. The number of aliphatic imine (C=N–C) groups is 1. The first kappa shape index (κ1) is 14.1. The van der Waals surface area contributed by atoms with E-state index in [9.17, 15) is 0 Å². The lowest BCUT2D eigenvalue weighted by atomic mass is 9.93. The van der Waals surface area contributed by atoms with E-state index in [0.29, 0.717) is 0 Å². The minimum atomic E-state index is 1.06. The molecule has 1 aromatic heterocycles. The quantitative estimate of drug-likeness (QED) is 0.599. The Hall–Kier alpha value is -2.48. The van der Waals surface area contributed by atoms with E-state index in [1.54, 1.807) is 0 Å². The number of aromatic nitrogens is 1. The second kappa shape index (κ2) is 5.96. The molecule has 0 atom stereocenters. The molecular formula is C21H20N2. The van der Waals surface area contributed by atoms with Gasteiger partial charge in [0.05, 0.1) is 11.2 Å². The fourth-order valence-corrected chi connectivity index (χ4v) is 3.29. The Morgan fingerprint density at radius 2 is 1.74 bits per heavy atom. The average molecular weight is 300 g/mol. The standard InChI is InChI=1S/C21H20N2/c1-15-10-12-16(13-11-15)14-22-21-17-6-2-4-8-19(17)23-20-9-5-3-7-18(20)21/h2,4,6,8,10-14H,3,5,7,9H2,1H3/b22-14+. The monoisotopic (exact) mass is 300 g/mol. The fraction of sp³-hybridized carbons (Fsp3) is 0.238. The predicted molar refractivity (Wildman–Crippen MR) is 96.8 cm³/mol. The van der Waals surface area contributed by atoms with E-state index < -0.39 is 0 Å². The van der Waals surface area contributed by atoms with Crippen LogP contribution in [0.2, 0.25) is 0 Å². The van der Waals surface area contributed by atoms with Crippen LogP contribution in [0, 0.1) is 6.92 Å². The summed E-state index contributed by atoms with van der Waals surface area (Å²) in [6, 6.07) is 16.8. The summed E-state index contributed by atoms with van der Waals surface area (Å²) in [7, 11) is 0. The van der Waals surface area contributed by atoms with Crippen molar-refractivity contribution < 1.29 is 0 Å². The first-order chi connectivity index (χ1) is 11.3. The van der Waals surface area contributed by atoms with E-state index in [1.165, 1.54) is 29.7 Å². The molecule has 1 aliphatic carbocycles. The van der Waals surface area contributed by atoms with Crippen molar-refractivity contribution in [3.05, 3.63) is 70.9 Å². The number of hydrogen-bond acceptors (Lipinski definition) is 2. The molecule has 0 amide bonds. The molecule has 0 saturated heterocycles. The Morgan fingerprint density at radius 1 is 0.957 bits per heavy atom. The molecule has 1 heterocycles. The van der Waals surface area contributed by atoms with Gasteiger partial charge in [0.15, 0.2) is 0 Å². The van der Waals surface area contributed by atoms with Crippen LogP contribution >= 0.6 is 0 Å². The third kappa shape index (κ3) is 2.77. The summed E-state index contributed by atoms with van der Waals surface area (Å²) in [4.78, 5) is 9.75. The second-order valence-electron chi connectivity index (χ2n) is 6.28. The average Bonchev–Trinajstić information content (AvgIpc) is 2.60. The topological polar surface area (TPSA) is 25.2 Å². The van der Waals surface area contributed by atoms with Crippen molar-refractivity contribution in [2.45, 2.75) is 32.6 Å². The van der Waals surface area contributed by atoms with Crippen molar-refractivity contribution in [1.29, 1.82) is 0 Å². The van der Waals surface area contributed by atoms with E-state index in [1.807, 2.05) is 6.21 Å². The molecule has 0 N–H and O–H groups in total. The Balaban J connectivity index is 1.85. The molecule has 0 unspecified atom stereocenters. The van der Waals surface area contributed by atoms with Crippen LogP contribution in [0.15, 0.2) is 53.5 Å². The zero-order valence-electron chi connectivity index (χ0n) is 13.4. The summed E-state index contributed by atoms with van der Waals surface area (Å²) in [5.41, 5.74) is 7.18. The Labute approximate surface area is 136 Å². The van der Waals surface area contributed by atoms with Gasteiger partial charge in [0.1, 0.15) is 0 Å². The summed E-state index contributed by atoms with van der Waals surface area (Å²) >= 11 is 0. The van der Waals surface area contributed by atoms with Gasteiger partial charge < -0.3 is 0 Å². The summed E-state index contributed by atoms with van der Waals surface area (Å²) in [6.45, 7) is 2.10. The van der Waals surface area contributed by atoms with Gasteiger partial charge in [0.2, 0.25) is 0 Å². The molecular weight excluding hydrogens is 280 g/mol. The molecule has 0 radical (unpaired) electrons. The van der Waals surface area contributed by atoms with E-state index in [2.05, 4.69) is 55.5 Å². The maximum absolute atomic E-state index is 4.88. The summed E-state index contributed by atoms with van der Waals surface area (Å²) in [5, 5.41) is 1.16. The molecule has 114 valence electrons. The zero-order valence-corrected chi connectivity index (χ0v) is 13.4. The van der Waals surface area contributed by atoms with Crippen LogP contribution in [0.5, 0.6) is 0 Å². The van der Waals surface area contributed by atoms with Crippen LogP contribution in [0.1, 0.15) is 35.2 Å². The Morgan fingerprint density at radius 3 is 2.61 bits per heavy atom. The van der Waals surface area contributed by atoms with Crippen LogP contribution in [-0.4, -0.2) is 11.2 Å². The molecule has 23 heavy (non-hydrogen) atoms. The Bertz CT molecular complexity index is 876. The molecule has 1 aliphatic rings. The van der Waals surface area contributed by atoms with E-state index in [0.717, 1.165) is 35.0 Å². The molecule has 2 nitrogen and oxygen atoms in total. The number of aryl methyl sites for hydroxylation is 2. The van der Waals surface area contributed by atoms with Crippen LogP contribution in [0.4, 0.5) is 5.69 Å². The highest BCUT2D eigenvalue weighted by atomic mass is 14.8. The van der Waals surface area contributed by atoms with Crippen LogP contribution in [0.25, 0.3) is 10.9 Å². The van der Waals surface area contributed by atoms with Gasteiger partial charge in [-0.05, 0) is 49.8 Å². The highest BCUT2D eigenvalue weighted by Gasteiger charge is 2.17. The summed E-state index contributed by atoms with van der Waals surface area (Å²) < 4.78 is 0. The van der Waals surface area contributed by atoms with Crippen LogP contribution < -0.4 is 0 Å². The molecule has 2 aromatic carbocycles. The largest absolute Gasteiger partial charge is 0.255 e. The maximum atomic E-state index is 4.88. The van der Waals surface area contributed by atoms with Crippen LogP contribution in [-0.2, 0) is 12.8 Å². The van der Waals surface area contributed by atoms with Gasteiger partial charge in [-0.25, -0.2) is 0 Å². The van der Waals surface area contributed by atoms with Gasteiger partial charge in [0.25, 0.3) is 0 Å². The zero-order chi connectivity index (χ0) is 15.6. The highest BCUT2D eigenvalue weighted by molar-refractivity contribution is 5.95. The van der Waals surface area contributed by atoms with Crippen molar-refractivity contribution in [3.8, 4) is 0 Å². The molecule has 0 spiro atoms. The molecule has 0 fully saturated rings. The molecule has 2 heteroatoms. The molecule has 0 saturated carbocycles. The van der Waals surface area contributed by atoms with E-state index >= 15 is 0 Å². The number of pyridine rings is 1. The number of benzene rings is 2. The third-order valence-electron chi connectivity index (χ3n) is 4.56. The number of para-hydroxylation sites is 1. The smallest absolute Gasteiger partial charge is 0.0774 e. The van der Waals surface area contributed by atoms with Gasteiger partial charge in [-0.3, -0.25) is 9.98 Å². The Kier molecular flexibility index (Phi) is 3.66. The minimum absolute atomic E-state index is 1.06. The lowest BCUT2D eigenvalue weighted by molar-refractivity contribution is 0.672. The van der Waals surface area contributed by atoms with Gasteiger partial charge >= 0.3 is 0 Å². The normalized spacial score (nSPS) is 14.3. The van der Waals surface area contributed by atoms with Gasteiger partial charge in [-0.2, -0.15) is 0 Å². The van der Waals surface area contributed by atoms with Crippen molar-refractivity contribution >= 4 is 22.8 Å². The van der Waals surface area contributed by atoms with Gasteiger partial charge in [-0.15, -0.1) is 0 Å². The number of fused-ring (bicyclic) bond motifs is 2. The molecule has 3 aromatic rings. The fourth-order valence-electron chi connectivity index (χ4n) is 3.29. The van der Waals surface area contributed by atoms with Crippen molar-refractivity contribution in [2.24, 2.45) is 4.99 Å². The maximum Gasteiger partial charge on any atom is 0.0774 e. The lowest BCUT2D eigenvalue weighted by Crippen LogP contribution is -2.06. The number of rotatable bonds is 2. The third-order valence-corrected chi connectivity index (χ3v) is 4.56. The first-order valence-corrected chi connectivity index (χ1v) is 8.32. The SMILES string of the molecule is Cc1ccc(/C=N/c2c3c(nc4ccccc24)CCCC3)cc1. The minimum Gasteiger partial charge on any atom is -0.255 e. The van der Waals surface area contributed by atoms with Crippen molar-refractivity contribution in [1.82, 2.24) is 4.98 Å². The number of hydrogen-bond donors (Lipinski definition) is 0. The molecule has 4 rings (SSSR count). The first-order valence-electron chi connectivity index (χ1n) is 8.32. The van der Waals surface area contributed by atoms with Crippen molar-refractivity contribution in [2.75, 3.05) is 0 Å². The van der Waals surface area contributed by atoms with E-state index in [-0.39, 0.29) is 0 Å². The molecule has 0 bridgehead atoms. The van der Waals surface area contributed by atoms with Crippen molar-refractivity contribution in [3.63, 3.8) is 0 Å². The van der Waals surface area contributed by atoms with Gasteiger partial charge in [0, 0.05) is 17.3 Å². The predicted octanol–water partition coefficient (Wildman–Crippen LogP) is 5.17. The summed E-state index contributed by atoms with van der Waals surface area (Å²) in [5.74, 6) is 0. The lowest BCUT2D eigenvalue weighted by Gasteiger charge is -2.18. The van der Waals surface area contributed by atoms with E-state index in [4.69, 9.17) is 9.98 Å².